The highest BCUT2D eigenvalue weighted by Crippen LogP contribution is 2.20. The van der Waals surface area contributed by atoms with Gasteiger partial charge in [0, 0.05) is 11.5 Å². The number of hydrogen-bond acceptors (Lipinski definition) is 3. The lowest BCUT2D eigenvalue weighted by atomic mass is 10.1. The highest BCUT2D eigenvalue weighted by molar-refractivity contribution is 6.34. The van der Waals surface area contributed by atoms with E-state index in [4.69, 9.17) is 16.7 Å². The zero-order valence-electron chi connectivity index (χ0n) is 8.09. The van der Waals surface area contributed by atoms with Crippen LogP contribution in [0.4, 0.5) is 0 Å². The Balaban J connectivity index is 2.49. The molecule has 0 aliphatic heterocycles. The summed E-state index contributed by atoms with van der Waals surface area (Å²) in [4.78, 5) is 18.3. The summed E-state index contributed by atoms with van der Waals surface area (Å²) in [6, 6.07) is 5.28. The number of carbonyl (C=O) groups is 1. The third-order valence-corrected chi connectivity index (χ3v) is 2.33. The van der Waals surface area contributed by atoms with Crippen LogP contribution in [0, 0.1) is 0 Å². The standard InChI is InChI=1S/C11H7ClN2O2/c12-11-8-3-1-7(2-4-10(15)16)5-9(8)13-6-14-11/h1-6H,(H,15,16). The van der Waals surface area contributed by atoms with Crippen LogP contribution in [0.3, 0.4) is 0 Å². The molecule has 0 aliphatic rings. The Morgan fingerprint density at radius 2 is 2.19 bits per heavy atom. The molecule has 0 saturated heterocycles. The quantitative estimate of drug-likeness (QED) is 0.640. The lowest BCUT2D eigenvalue weighted by molar-refractivity contribution is -0.131. The lowest BCUT2D eigenvalue weighted by Crippen LogP contribution is -1.87. The molecular weight excluding hydrogens is 228 g/mol. The number of nitrogens with zero attached hydrogens (tertiary/aromatic N) is 2. The summed E-state index contributed by atoms with van der Waals surface area (Å²) in [6.07, 6.45) is 3.94. The predicted octanol–water partition coefficient (Wildman–Crippen LogP) is 2.38. The van der Waals surface area contributed by atoms with Gasteiger partial charge in [-0.3, -0.25) is 0 Å². The zero-order chi connectivity index (χ0) is 11.5. The number of carboxylic acid groups (broad SMARTS) is 1. The Morgan fingerprint density at radius 1 is 1.38 bits per heavy atom. The summed E-state index contributed by atoms with van der Waals surface area (Å²) in [5.41, 5.74) is 1.44. The van der Waals surface area contributed by atoms with Crippen molar-refractivity contribution in [2.45, 2.75) is 0 Å². The van der Waals surface area contributed by atoms with Crippen molar-refractivity contribution in [1.82, 2.24) is 9.97 Å². The minimum absolute atomic E-state index is 0.388. The second-order valence-corrected chi connectivity index (χ2v) is 3.47. The molecule has 4 nitrogen and oxygen atoms in total. The van der Waals surface area contributed by atoms with Crippen LogP contribution in [-0.2, 0) is 4.79 Å². The number of rotatable bonds is 2. The molecular formula is C11H7ClN2O2. The van der Waals surface area contributed by atoms with Gasteiger partial charge in [0.2, 0.25) is 0 Å². The second kappa shape index (κ2) is 4.28. The van der Waals surface area contributed by atoms with Gasteiger partial charge in [-0.2, -0.15) is 0 Å². The highest BCUT2D eigenvalue weighted by atomic mass is 35.5. The van der Waals surface area contributed by atoms with Crippen molar-refractivity contribution in [3.05, 3.63) is 41.3 Å². The van der Waals surface area contributed by atoms with Gasteiger partial charge in [-0.1, -0.05) is 17.7 Å². The molecule has 0 saturated carbocycles. The van der Waals surface area contributed by atoms with Gasteiger partial charge in [-0.05, 0) is 23.8 Å². The van der Waals surface area contributed by atoms with E-state index in [1.54, 1.807) is 18.2 Å². The monoisotopic (exact) mass is 234 g/mol. The third-order valence-electron chi connectivity index (χ3n) is 2.03. The average Bonchev–Trinajstić information content (AvgIpc) is 2.26. The van der Waals surface area contributed by atoms with Gasteiger partial charge in [0.25, 0.3) is 0 Å². The molecule has 1 aromatic carbocycles. The van der Waals surface area contributed by atoms with Crippen molar-refractivity contribution >= 4 is 34.5 Å². The van der Waals surface area contributed by atoms with Crippen LogP contribution in [0.5, 0.6) is 0 Å². The summed E-state index contributed by atoms with van der Waals surface area (Å²) in [5, 5.41) is 9.63. The SMILES string of the molecule is O=C(O)C=Cc1ccc2c(Cl)ncnc2c1. The van der Waals surface area contributed by atoms with Gasteiger partial charge in [0.1, 0.15) is 11.5 Å². The smallest absolute Gasteiger partial charge is 0.328 e. The van der Waals surface area contributed by atoms with Crippen molar-refractivity contribution in [2.75, 3.05) is 0 Å². The van der Waals surface area contributed by atoms with Crippen molar-refractivity contribution in [1.29, 1.82) is 0 Å². The van der Waals surface area contributed by atoms with E-state index in [9.17, 15) is 4.79 Å². The maximum Gasteiger partial charge on any atom is 0.328 e. The molecule has 16 heavy (non-hydrogen) atoms. The first kappa shape index (κ1) is 10.6. The van der Waals surface area contributed by atoms with Crippen LogP contribution >= 0.6 is 11.6 Å². The van der Waals surface area contributed by atoms with E-state index < -0.39 is 5.97 Å². The minimum atomic E-state index is -0.985. The Bertz CT molecular complexity index is 581. The van der Waals surface area contributed by atoms with Crippen molar-refractivity contribution < 1.29 is 9.90 Å². The second-order valence-electron chi connectivity index (χ2n) is 3.11. The topological polar surface area (TPSA) is 63.1 Å². The van der Waals surface area contributed by atoms with Gasteiger partial charge in [-0.25, -0.2) is 14.8 Å². The molecule has 1 N–H and O–H groups in total. The molecule has 0 unspecified atom stereocenters. The molecule has 0 radical (unpaired) electrons. The van der Waals surface area contributed by atoms with Gasteiger partial charge in [0.15, 0.2) is 0 Å². The van der Waals surface area contributed by atoms with Crippen LogP contribution in [-0.4, -0.2) is 21.0 Å². The lowest BCUT2D eigenvalue weighted by Gasteiger charge is -1.99. The number of hydrogen-bond donors (Lipinski definition) is 1. The molecule has 2 aromatic rings. The maximum atomic E-state index is 10.4. The van der Waals surface area contributed by atoms with E-state index >= 15 is 0 Å². The van der Waals surface area contributed by atoms with E-state index in [1.165, 1.54) is 12.4 Å². The van der Waals surface area contributed by atoms with Gasteiger partial charge in [-0.15, -0.1) is 0 Å². The van der Waals surface area contributed by atoms with E-state index in [1.807, 2.05) is 0 Å². The fraction of sp³-hybridized carbons (Fsp3) is 0. The summed E-state index contributed by atoms with van der Waals surface area (Å²) in [5.74, 6) is -0.985. The largest absolute Gasteiger partial charge is 0.478 e. The van der Waals surface area contributed by atoms with Crippen molar-refractivity contribution in [3.8, 4) is 0 Å². The summed E-state index contributed by atoms with van der Waals surface area (Å²) in [7, 11) is 0. The molecule has 1 heterocycles. The molecule has 80 valence electrons. The third kappa shape index (κ3) is 2.17. The fourth-order valence-corrected chi connectivity index (χ4v) is 1.52. The summed E-state index contributed by atoms with van der Waals surface area (Å²) in [6.45, 7) is 0. The van der Waals surface area contributed by atoms with Crippen LogP contribution in [0.2, 0.25) is 5.15 Å². The van der Waals surface area contributed by atoms with Crippen molar-refractivity contribution in [3.63, 3.8) is 0 Å². The molecule has 2 rings (SSSR count). The van der Waals surface area contributed by atoms with E-state index in [-0.39, 0.29) is 0 Å². The fourth-order valence-electron chi connectivity index (χ4n) is 1.31. The van der Waals surface area contributed by atoms with Crippen LogP contribution in [0.25, 0.3) is 17.0 Å². The molecule has 0 bridgehead atoms. The molecule has 5 heteroatoms. The van der Waals surface area contributed by atoms with E-state index in [0.29, 0.717) is 10.7 Å². The Labute approximate surface area is 96.2 Å². The number of carboxylic acids is 1. The van der Waals surface area contributed by atoms with Crippen molar-refractivity contribution in [2.24, 2.45) is 0 Å². The Morgan fingerprint density at radius 3 is 2.94 bits per heavy atom. The number of aromatic nitrogens is 2. The molecule has 0 atom stereocenters. The molecule has 0 spiro atoms. The highest BCUT2D eigenvalue weighted by Gasteiger charge is 2.00. The summed E-state index contributed by atoms with van der Waals surface area (Å²) < 4.78 is 0. The van der Waals surface area contributed by atoms with Gasteiger partial charge in [0.05, 0.1) is 5.52 Å². The van der Waals surface area contributed by atoms with Crippen LogP contribution < -0.4 is 0 Å². The first-order valence-corrected chi connectivity index (χ1v) is 4.86. The molecule has 0 fully saturated rings. The first-order valence-electron chi connectivity index (χ1n) is 4.48. The number of fused-ring (bicyclic) bond motifs is 1. The first-order chi connectivity index (χ1) is 7.66. The molecule has 0 amide bonds. The number of benzene rings is 1. The summed E-state index contributed by atoms with van der Waals surface area (Å²) >= 11 is 5.87. The zero-order valence-corrected chi connectivity index (χ0v) is 8.85. The normalized spacial score (nSPS) is 11.1. The number of aliphatic carboxylic acids is 1. The maximum absolute atomic E-state index is 10.4. The average molecular weight is 235 g/mol. The van der Waals surface area contributed by atoms with E-state index in [2.05, 4.69) is 9.97 Å². The van der Waals surface area contributed by atoms with Gasteiger partial charge >= 0.3 is 5.97 Å². The minimum Gasteiger partial charge on any atom is -0.478 e. The predicted molar refractivity (Wildman–Crippen MR) is 61.2 cm³/mol. The van der Waals surface area contributed by atoms with Crippen LogP contribution in [0.1, 0.15) is 5.56 Å². The molecule has 1 aromatic heterocycles. The van der Waals surface area contributed by atoms with Gasteiger partial charge < -0.3 is 5.11 Å². The molecule has 0 aliphatic carbocycles. The van der Waals surface area contributed by atoms with Crippen LogP contribution in [0.15, 0.2) is 30.6 Å². The Kier molecular flexibility index (Phi) is 2.83. The Hall–Kier alpha value is -1.94. The van der Waals surface area contributed by atoms with E-state index in [0.717, 1.165) is 17.0 Å². The number of halogens is 1.